The molecule has 1 aliphatic carbocycles. The summed E-state index contributed by atoms with van der Waals surface area (Å²) in [5.74, 6) is 0.188. The number of nitro benzene ring substituents is 1. The summed E-state index contributed by atoms with van der Waals surface area (Å²) in [6, 6.07) is 2.85. The van der Waals surface area contributed by atoms with Crippen molar-refractivity contribution in [2.24, 2.45) is 0 Å². The Morgan fingerprint density at radius 3 is 2.80 bits per heavy atom. The molecule has 1 fully saturated rings. The Labute approximate surface area is 138 Å². The van der Waals surface area contributed by atoms with Gasteiger partial charge in [0.05, 0.1) is 9.40 Å². The Bertz CT molecular complexity index is 528. The molecule has 3 atom stereocenters. The minimum atomic E-state index is -0.508. The zero-order valence-corrected chi connectivity index (χ0v) is 14.4. The lowest BCUT2D eigenvalue weighted by Crippen LogP contribution is -2.52. The van der Waals surface area contributed by atoms with Crippen molar-refractivity contribution < 1.29 is 14.4 Å². The number of nitrogens with zero attached hydrogens (tertiary/aromatic N) is 1. The normalized spacial score (nSPS) is 25.1. The van der Waals surface area contributed by atoms with Crippen molar-refractivity contribution in [3.8, 4) is 5.75 Å². The standard InChI is InChI=1S/C12H12Br2ClNO4/c1-2-19-12-8(14)5-10(12)20-11-7(13)3-6(15)4-9(11)16(17)18/h3-4,8,10,12H,2,5H2,1H3. The van der Waals surface area contributed by atoms with E-state index in [0.29, 0.717) is 11.1 Å². The summed E-state index contributed by atoms with van der Waals surface area (Å²) in [7, 11) is 0. The number of alkyl halides is 1. The van der Waals surface area contributed by atoms with E-state index in [9.17, 15) is 10.1 Å². The Morgan fingerprint density at radius 2 is 2.25 bits per heavy atom. The summed E-state index contributed by atoms with van der Waals surface area (Å²) in [4.78, 5) is 10.8. The second-order valence-corrected chi connectivity index (χ2v) is 6.79. The van der Waals surface area contributed by atoms with Gasteiger partial charge in [0.1, 0.15) is 12.2 Å². The first-order valence-electron chi connectivity index (χ1n) is 5.99. The van der Waals surface area contributed by atoms with Gasteiger partial charge in [-0.05, 0) is 28.9 Å². The van der Waals surface area contributed by atoms with E-state index in [-0.39, 0.29) is 33.5 Å². The van der Waals surface area contributed by atoms with Crippen LogP contribution in [0.3, 0.4) is 0 Å². The highest BCUT2D eigenvalue weighted by atomic mass is 79.9. The fraction of sp³-hybridized carbons (Fsp3) is 0.500. The van der Waals surface area contributed by atoms with Crippen molar-refractivity contribution in [3.63, 3.8) is 0 Å². The summed E-state index contributed by atoms with van der Waals surface area (Å²) in [6.07, 6.45) is 0.411. The van der Waals surface area contributed by atoms with Gasteiger partial charge in [-0.15, -0.1) is 0 Å². The molecule has 3 unspecified atom stereocenters. The Morgan fingerprint density at radius 1 is 1.55 bits per heavy atom. The molecular formula is C12H12Br2ClNO4. The topological polar surface area (TPSA) is 61.6 Å². The first-order chi connectivity index (χ1) is 9.43. The SMILES string of the molecule is CCOC1C(Br)CC1Oc1c(Br)cc(Cl)cc1[N+](=O)[O-]. The second-order valence-electron chi connectivity index (χ2n) is 4.32. The molecule has 0 bridgehead atoms. The van der Waals surface area contributed by atoms with Crippen LogP contribution in [0.25, 0.3) is 0 Å². The van der Waals surface area contributed by atoms with E-state index < -0.39 is 4.92 Å². The number of hydrogen-bond donors (Lipinski definition) is 0. The number of benzene rings is 1. The highest BCUT2D eigenvalue weighted by Crippen LogP contribution is 2.42. The van der Waals surface area contributed by atoms with Crippen molar-refractivity contribution in [2.45, 2.75) is 30.4 Å². The van der Waals surface area contributed by atoms with Gasteiger partial charge in [-0.2, -0.15) is 0 Å². The van der Waals surface area contributed by atoms with E-state index in [2.05, 4.69) is 31.9 Å². The third-order valence-electron chi connectivity index (χ3n) is 2.99. The molecule has 0 amide bonds. The van der Waals surface area contributed by atoms with Crippen molar-refractivity contribution >= 4 is 49.1 Å². The van der Waals surface area contributed by atoms with Crippen LogP contribution in [-0.4, -0.2) is 28.6 Å². The molecule has 8 heteroatoms. The summed E-state index contributed by atoms with van der Waals surface area (Å²) < 4.78 is 11.8. The van der Waals surface area contributed by atoms with E-state index >= 15 is 0 Å². The number of rotatable bonds is 5. The van der Waals surface area contributed by atoms with Gasteiger partial charge in [-0.25, -0.2) is 0 Å². The Kier molecular flexibility index (Phi) is 5.28. The average molecular weight is 429 g/mol. The minimum Gasteiger partial charge on any atom is -0.480 e. The summed E-state index contributed by atoms with van der Waals surface area (Å²) in [5, 5.41) is 11.4. The monoisotopic (exact) mass is 427 g/mol. The molecule has 20 heavy (non-hydrogen) atoms. The van der Waals surface area contributed by atoms with Gasteiger partial charge in [0.25, 0.3) is 0 Å². The van der Waals surface area contributed by atoms with E-state index in [0.717, 1.165) is 6.42 Å². The van der Waals surface area contributed by atoms with Crippen LogP contribution in [0.15, 0.2) is 16.6 Å². The molecule has 5 nitrogen and oxygen atoms in total. The van der Waals surface area contributed by atoms with Crippen LogP contribution in [0.1, 0.15) is 13.3 Å². The van der Waals surface area contributed by atoms with Gasteiger partial charge < -0.3 is 9.47 Å². The van der Waals surface area contributed by atoms with E-state index in [1.165, 1.54) is 6.07 Å². The molecule has 0 aliphatic heterocycles. The summed E-state index contributed by atoms with van der Waals surface area (Å²) in [5.41, 5.74) is -0.155. The fourth-order valence-corrected chi connectivity index (χ4v) is 3.75. The zero-order chi connectivity index (χ0) is 14.9. The molecule has 0 N–H and O–H groups in total. The molecule has 1 aromatic rings. The molecular weight excluding hydrogens is 417 g/mol. The van der Waals surface area contributed by atoms with Gasteiger partial charge in [0.15, 0.2) is 0 Å². The number of ether oxygens (including phenoxy) is 2. The summed E-state index contributed by atoms with van der Waals surface area (Å²) >= 11 is 12.6. The Hall–Kier alpha value is -0.370. The van der Waals surface area contributed by atoms with Crippen LogP contribution in [-0.2, 0) is 4.74 Å². The molecule has 1 saturated carbocycles. The smallest absolute Gasteiger partial charge is 0.313 e. The maximum Gasteiger partial charge on any atom is 0.313 e. The largest absolute Gasteiger partial charge is 0.480 e. The van der Waals surface area contributed by atoms with E-state index in [1.807, 2.05) is 6.92 Å². The van der Waals surface area contributed by atoms with Crippen molar-refractivity contribution in [1.29, 1.82) is 0 Å². The fourth-order valence-electron chi connectivity index (χ4n) is 2.00. The minimum absolute atomic E-state index is 0.109. The summed E-state index contributed by atoms with van der Waals surface area (Å²) in [6.45, 7) is 2.46. The predicted molar refractivity (Wildman–Crippen MR) is 83.0 cm³/mol. The molecule has 0 spiro atoms. The van der Waals surface area contributed by atoms with Crippen molar-refractivity contribution in [1.82, 2.24) is 0 Å². The zero-order valence-electron chi connectivity index (χ0n) is 10.5. The number of hydrogen-bond acceptors (Lipinski definition) is 4. The van der Waals surface area contributed by atoms with Gasteiger partial charge >= 0.3 is 5.69 Å². The van der Waals surface area contributed by atoms with Crippen LogP contribution < -0.4 is 4.74 Å². The lowest BCUT2D eigenvalue weighted by atomic mass is 9.91. The van der Waals surface area contributed by atoms with Gasteiger partial charge in [-0.3, -0.25) is 10.1 Å². The highest BCUT2D eigenvalue weighted by Gasteiger charge is 2.43. The van der Waals surface area contributed by atoms with Crippen LogP contribution in [0, 0.1) is 10.1 Å². The molecule has 1 aliphatic rings. The first-order valence-corrected chi connectivity index (χ1v) is 8.08. The van der Waals surface area contributed by atoms with E-state index in [4.69, 9.17) is 21.1 Å². The van der Waals surface area contributed by atoms with Crippen LogP contribution >= 0.6 is 43.5 Å². The highest BCUT2D eigenvalue weighted by molar-refractivity contribution is 9.10. The number of nitro groups is 1. The quantitative estimate of drug-likeness (QED) is 0.397. The molecule has 110 valence electrons. The molecule has 0 saturated heterocycles. The van der Waals surface area contributed by atoms with Crippen molar-refractivity contribution in [2.75, 3.05) is 6.61 Å². The maximum atomic E-state index is 11.1. The van der Waals surface area contributed by atoms with Crippen LogP contribution in [0.4, 0.5) is 5.69 Å². The van der Waals surface area contributed by atoms with Gasteiger partial charge in [0, 0.05) is 28.9 Å². The molecule has 0 aromatic heterocycles. The predicted octanol–water partition coefficient (Wildman–Crippen LogP) is 4.33. The van der Waals surface area contributed by atoms with Gasteiger partial charge in [-0.1, -0.05) is 27.5 Å². The van der Waals surface area contributed by atoms with E-state index in [1.54, 1.807) is 6.07 Å². The first kappa shape index (κ1) is 16.0. The average Bonchev–Trinajstić information content (AvgIpc) is 2.37. The lowest BCUT2D eigenvalue weighted by molar-refractivity contribution is -0.386. The Balaban J connectivity index is 2.23. The number of halogens is 3. The molecule has 0 radical (unpaired) electrons. The van der Waals surface area contributed by atoms with Gasteiger partial charge in [0.2, 0.25) is 5.75 Å². The van der Waals surface area contributed by atoms with Crippen LogP contribution in [0.2, 0.25) is 5.02 Å². The second kappa shape index (κ2) is 6.60. The molecule has 0 heterocycles. The van der Waals surface area contributed by atoms with Crippen LogP contribution in [0.5, 0.6) is 5.75 Å². The molecule has 2 rings (SSSR count). The molecule has 1 aromatic carbocycles. The maximum absolute atomic E-state index is 11.1. The lowest BCUT2D eigenvalue weighted by Gasteiger charge is -2.40. The third kappa shape index (κ3) is 3.27. The van der Waals surface area contributed by atoms with Crippen molar-refractivity contribution in [3.05, 3.63) is 31.7 Å². The third-order valence-corrected chi connectivity index (χ3v) is 4.70.